The van der Waals surface area contributed by atoms with Gasteiger partial charge in [0, 0.05) is 5.92 Å². The van der Waals surface area contributed by atoms with Crippen LogP contribution in [0, 0.1) is 19.3 Å². The van der Waals surface area contributed by atoms with Crippen LogP contribution in [0.3, 0.4) is 0 Å². The highest BCUT2D eigenvalue weighted by atomic mass is 14.6. The summed E-state index contributed by atoms with van der Waals surface area (Å²) < 4.78 is 0. The summed E-state index contributed by atoms with van der Waals surface area (Å²) in [5.41, 5.74) is 11.0. The molecule has 1 aromatic rings. The Morgan fingerprint density at radius 2 is 1.88 bits per heavy atom. The molecule has 0 heteroatoms. The average Bonchev–Trinajstić information content (AvgIpc) is 3.31. The molecule has 0 aromatic heterocycles. The van der Waals surface area contributed by atoms with Crippen LogP contribution in [-0.2, 0) is 0 Å². The van der Waals surface area contributed by atoms with Gasteiger partial charge in [0.2, 0.25) is 0 Å². The molecule has 0 radical (unpaired) electrons. The molecule has 2 atom stereocenters. The molecule has 1 saturated carbocycles. The van der Waals surface area contributed by atoms with E-state index in [9.17, 15) is 0 Å². The van der Waals surface area contributed by atoms with Crippen molar-refractivity contribution in [3.05, 3.63) is 69.8 Å². The smallest absolute Gasteiger partial charge is 0.0111 e. The van der Waals surface area contributed by atoms with Gasteiger partial charge in [0.05, 0.1) is 0 Å². The molecule has 0 heterocycles. The van der Waals surface area contributed by atoms with Gasteiger partial charge in [0.15, 0.2) is 0 Å². The molecule has 26 heavy (non-hydrogen) atoms. The van der Waals surface area contributed by atoms with E-state index in [-0.39, 0.29) is 0 Å². The first kappa shape index (κ1) is 19.2. The molecule has 0 bridgehead atoms. The molecule has 0 N–H and O–H groups in total. The Hall–Kier alpha value is -1.56. The largest absolute Gasteiger partial charge is 0.0995 e. The van der Waals surface area contributed by atoms with Crippen LogP contribution in [0.4, 0.5) is 0 Å². The molecule has 0 nitrogen and oxygen atoms in total. The van der Waals surface area contributed by atoms with Crippen LogP contribution >= 0.6 is 0 Å². The third-order valence-corrected chi connectivity index (χ3v) is 6.87. The van der Waals surface area contributed by atoms with Crippen LogP contribution in [0.15, 0.2) is 47.6 Å². The lowest BCUT2D eigenvalue weighted by atomic mass is 9.76. The van der Waals surface area contributed by atoms with Crippen LogP contribution in [0.2, 0.25) is 0 Å². The lowest BCUT2D eigenvalue weighted by Gasteiger charge is -2.27. The third kappa shape index (κ3) is 3.13. The Bertz CT molecular complexity index is 767. The molecular formula is C26H36. The number of fused-ring (bicyclic) bond motifs is 1. The highest BCUT2D eigenvalue weighted by Crippen LogP contribution is 2.72. The Balaban J connectivity index is 2.11. The maximum atomic E-state index is 4.42. The van der Waals surface area contributed by atoms with Crippen molar-refractivity contribution in [1.29, 1.82) is 0 Å². The van der Waals surface area contributed by atoms with Gasteiger partial charge < -0.3 is 0 Å². The van der Waals surface area contributed by atoms with Gasteiger partial charge in [-0.05, 0) is 93.4 Å². The first-order valence-corrected chi connectivity index (χ1v) is 10.5. The molecule has 140 valence electrons. The van der Waals surface area contributed by atoms with E-state index in [0.717, 1.165) is 12.8 Å². The highest BCUT2D eigenvalue weighted by molar-refractivity contribution is 5.55. The Morgan fingerprint density at radius 3 is 2.42 bits per heavy atom. The fourth-order valence-electron chi connectivity index (χ4n) is 5.42. The third-order valence-electron chi connectivity index (χ3n) is 6.87. The predicted molar refractivity (Wildman–Crippen MR) is 115 cm³/mol. The quantitative estimate of drug-likeness (QED) is 0.362. The summed E-state index contributed by atoms with van der Waals surface area (Å²) in [5, 5.41) is 0. The Kier molecular flexibility index (Phi) is 5.33. The van der Waals surface area contributed by atoms with E-state index < -0.39 is 0 Å². The summed E-state index contributed by atoms with van der Waals surface area (Å²) in [5.74, 6) is 1.21. The van der Waals surface area contributed by atoms with Crippen molar-refractivity contribution in [3.8, 4) is 0 Å². The topological polar surface area (TPSA) is 0 Å². The van der Waals surface area contributed by atoms with Crippen LogP contribution in [0.5, 0.6) is 0 Å². The second-order valence-electron chi connectivity index (χ2n) is 8.82. The molecule has 1 unspecified atom stereocenters. The van der Waals surface area contributed by atoms with Crippen molar-refractivity contribution in [2.24, 2.45) is 5.41 Å². The normalized spacial score (nSPS) is 24.1. The average molecular weight is 349 g/mol. The maximum absolute atomic E-state index is 4.42. The molecule has 0 aliphatic heterocycles. The van der Waals surface area contributed by atoms with Gasteiger partial charge in [0.1, 0.15) is 0 Å². The molecular weight excluding hydrogens is 312 g/mol. The molecule has 2 aliphatic rings. The molecule has 0 amide bonds. The van der Waals surface area contributed by atoms with E-state index in [4.69, 9.17) is 0 Å². The minimum Gasteiger partial charge on any atom is -0.0995 e. The zero-order chi connectivity index (χ0) is 19.1. The Morgan fingerprint density at radius 1 is 1.19 bits per heavy atom. The standard InChI is InChI=1S/C26H36/c1-8-10-11-21(19(6)9-2)16-23-22-15-18(5)14-20(7)24(22)25(17(3)4)26(23)12-13-26/h10-11,14-15,23,25H,3,8-9,12-13,16H2,1-2,4-7H3/b11-10-,21-19+/t23?,25-/m1/s1. The van der Waals surface area contributed by atoms with E-state index in [1.54, 1.807) is 22.3 Å². The van der Waals surface area contributed by atoms with Crippen LogP contribution in [0.1, 0.15) is 93.9 Å². The SMILES string of the molecule is C=C(C)[C@@H]1c2c(C)cc(C)cc2C(CC(/C=C\CC)=C(\C)CC)C12CC2. The van der Waals surface area contributed by atoms with Crippen molar-refractivity contribution in [1.82, 2.24) is 0 Å². The summed E-state index contributed by atoms with van der Waals surface area (Å²) >= 11 is 0. The van der Waals surface area contributed by atoms with Gasteiger partial charge in [-0.2, -0.15) is 0 Å². The summed E-state index contributed by atoms with van der Waals surface area (Å²) in [6, 6.07) is 4.86. The van der Waals surface area contributed by atoms with Crippen molar-refractivity contribution >= 4 is 0 Å². The summed E-state index contributed by atoms with van der Waals surface area (Å²) in [4.78, 5) is 0. The van der Waals surface area contributed by atoms with Crippen molar-refractivity contribution in [3.63, 3.8) is 0 Å². The molecule has 2 aliphatic carbocycles. The second-order valence-corrected chi connectivity index (χ2v) is 8.82. The molecule has 1 spiro atoms. The first-order valence-electron chi connectivity index (χ1n) is 10.5. The highest BCUT2D eigenvalue weighted by Gasteiger charge is 2.60. The number of rotatable bonds is 6. The van der Waals surface area contributed by atoms with Crippen LogP contribution in [-0.4, -0.2) is 0 Å². The van der Waals surface area contributed by atoms with E-state index >= 15 is 0 Å². The molecule has 0 saturated heterocycles. The van der Waals surface area contributed by atoms with Crippen molar-refractivity contribution in [2.45, 2.75) is 85.5 Å². The minimum absolute atomic E-state index is 0.437. The maximum Gasteiger partial charge on any atom is 0.0111 e. The van der Waals surface area contributed by atoms with Gasteiger partial charge in [-0.15, -0.1) is 0 Å². The Labute approximate surface area is 161 Å². The molecule has 1 aromatic carbocycles. The number of aryl methyl sites for hydroxylation is 2. The monoisotopic (exact) mass is 348 g/mol. The fourth-order valence-corrected chi connectivity index (χ4v) is 5.42. The van der Waals surface area contributed by atoms with Crippen LogP contribution < -0.4 is 0 Å². The lowest BCUT2D eigenvalue weighted by molar-refractivity contribution is 0.389. The fraction of sp³-hybridized carbons (Fsp3) is 0.538. The first-order chi connectivity index (χ1) is 12.4. The summed E-state index contributed by atoms with van der Waals surface area (Å²) in [6.45, 7) is 18.1. The van der Waals surface area contributed by atoms with Gasteiger partial charge in [-0.1, -0.05) is 61.4 Å². The summed E-state index contributed by atoms with van der Waals surface area (Å²) in [6.07, 6.45) is 10.9. The van der Waals surface area contributed by atoms with E-state index in [1.165, 1.54) is 36.0 Å². The van der Waals surface area contributed by atoms with E-state index in [0.29, 0.717) is 17.3 Å². The molecule has 3 rings (SSSR count). The molecule has 1 fully saturated rings. The zero-order valence-corrected chi connectivity index (χ0v) is 17.7. The summed E-state index contributed by atoms with van der Waals surface area (Å²) in [7, 11) is 0. The van der Waals surface area contributed by atoms with Crippen molar-refractivity contribution in [2.75, 3.05) is 0 Å². The number of hydrogen-bond acceptors (Lipinski definition) is 0. The van der Waals surface area contributed by atoms with Gasteiger partial charge in [-0.25, -0.2) is 0 Å². The van der Waals surface area contributed by atoms with Gasteiger partial charge in [-0.3, -0.25) is 0 Å². The lowest BCUT2D eigenvalue weighted by Crippen LogP contribution is -2.15. The second kappa shape index (κ2) is 7.22. The van der Waals surface area contributed by atoms with Gasteiger partial charge in [0.25, 0.3) is 0 Å². The van der Waals surface area contributed by atoms with E-state index in [2.05, 4.69) is 72.4 Å². The van der Waals surface area contributed by atoms with E-state index in [1.807, 2.05) is 0 Å². The predicted octanol–water partition coefficient (Wildman–Crippen LogP) is 7.92. The number of hydrogen-bond donors (Lipinski definition) is 0. The van der Waals surface area contributed by atoms with Gasteiger partial charge >= 0.3 is 0 Å². The number of benzene rings is 1. The zero-order valence-electron chi connectivity index (χ0n) is 17.7. The van der Waals surface area contributed by atoms with Crippen LogP contribution in [0.25, 0.3) is 0 Å². The number of allylic oxidation sites excluding steroid dienone is 5. The van der Waals surface area contributed by atoms with Crippen molar-refractivity contribution < 1.29 is 0 Å². The minimum atomic E-state index is 0.437.